The number of hydrogen-bond acceptors (Lipinski definition) is 10. The number of unbranched alkanes of at least 4 members (excludes halogenated alkanes) is 1. The Morgan fingerprint density at radius 2 is 1.23 bits per heavy atom. The summed E-state index contributed by atoms with van der Waals surface area (Å²) in [6.45, 7) is 3.78. The van der Waals surface area contributed by atoms with Gasteiger partial charge in [-0.15, -0.1) is 24.8 Å². The largest absolute Gasteiger partial charge is 0.483 e. The van der Waals surface area contributed by atoms with Crippen molar-refractivity contribution >= 4 is 76.0 Å². The molecule has 0 fully saturated rings. The summed E-state index contributed by atoms with van der Waals surface area (Å²) in [5.74, 6) is -1.65. The number of carbonyl (C=O) groups excluding carboxylic acids is 4. The molecule has 66 heavy (non-hydrogen) atoms. The molecule has 17 heteroatoms. The van der Waals surface area contributed by atoms with Gasteiger partial charge in [-0.05, 0) is 90.2 Å². The second-order valence-electron chi connectivity index (χ2n) is 15.8. The zero-order chi connectivity index (χ0) is 45.8. The molecule has 3 atom stereocenters. The molecule has 0 spiro atoms. The highest BCUT2D eigenvalue weighted by atomic mass is 35.5. The number of hydrogen-bond donors (Lipinski definition) is 6. The number of benzene rings is 5. The number of guanidine groups is 1. The average molecular weight is 944 g/mol. The summed E-state index contributed by atoms with van der Waals surface area (Å²) in [6.07, 6.45) is 2.03. The standard InChI is InChI=1S/C49H58N8O7.2ClH/c1-32(2)29-40(48(61)64-30-33-13-4-3-5-14-33)57-47(60)39(20-12-27-54-49(52)53)56-46(59)38(19-10-11-25-50)55-43(58)31-63-42-24-22-35-16-7-9-18-37(35)45(42)44-36-17-8-6-15-34(36)21-23-41(44)62-28-26-51;;/h3-9,13-18,21-24,32,38-40H,10-12,19-20,25,27-31,50H2,1-2H3,(H,55,58)(H,56,59)(H,57,60)(H4,52,53,54);2*1H/t38-,39-,40+;;/m1../s1. The Morgan fingerprint density at radius 3 is 1.80 bits per heavy atom. The fourth-order valence-electron chi connectivity index (χ4n) is 7.34. The van der Waals surface area contributed by atoms with Crippen LogP contribution in [0.5, 0.6) is 11.5 Å². The molecule has 0 bridgehead atoms. The molecule has 5 rings (SSSR count). The van der Waals surface area contributed by atoms with Crippen molar-refractivity contribution in [2.24, 2.45) is 28.1 Å². The quantitative estimate of drug-likeness (QED) is 0.0176. The van der Waals surface area contributed by atoms with E-state index in [-0.39, 0.29) is 69.3 Å². The third-order valence-corrected chi connectivity index (χ3v) is 10.4. The number of aliphatic imine (C=N–C) groups is 1. The van der Waals surface area contributed by atoms with Crippen LogP contribution >= 0.6 is 24.8 Å². The Balaban J connectivity index is 0.00000578. The minimum atomic E-state index is -1.12. The van der Waals surface area contributed by atoms with Crippen LogP contribution in [0, 0.1) is 17.2 Å². The molecule has 0 aliphatic carbocycles. The van der Waals surface area contributed by atoms with Crippen LogP contribution in [0.2, 0.25) is 0 Å². The topological polar surface area (TPSA) is 246 Å². The highest BCUT2D eigenvalue weighted by molar-refractivity contribution is 6.10. The van der Waals surface area contributed by atoms with Crippen LogP contribution in [0.3, 0.4) is 0 Å². The Kier molecular flexibility index (Phi) is 22.5. The third-order valence-electron chi connectivity index (χ3n) is 10.4. The monoisotopic (exact) mass is 942 g/mol. The molecule has 15 nitrogen and oxygen atoms in total. The molecule has 0 aromatic heterocycles. The Hall–Kier alpha value is -6.60. The van der Waals surface area contributed by atoms with Crippen molar-refractivity contribution in [1.82, 2.24) is 16.0 Å². The minimum absolute atomic E-state index is 0. The number of fused-ring (bicyclic) bond motifs is 2. The maximum absolute atomic E-state index is 14.1. The first kappa shape index (κ1) is 53.7. The Bertz CT molecular complexity index is 2440. The summed E-state index contributed by atoms with van der Waals surface area (Å²) in [4.78, 5) is 59.3. The SMILES string of the molecule is CC(C)C[C@H](NC(=O)[C@@H](CCCN=C(N)N)NC(=O)[C@@H](CCCCN)NC(=O)COc1ccc2ccccc2c1-c1c(OCC#N)ccc2ccccc12)C(=O)OCc1ccccc1.Cl.Cl. The molecule has 0 aliphatic heterocycles. The van der Waals surface area contributed by atoms with Crippen LogP contribution in [-0.2, 0) is 30.5 Å². The lowest BCUT2D eigenvalue weighted by Gasteiger charge is -2.26. The van der Waals surface area contributed by atoms with Crippen LogP contribution in [0.25, 0.3) is 32.7 Å². The highest BCUT2D eigenvalue weighted by Crippen LogP contribution is 2.45. The number of halogens is 2. The number of nitriles is 1. The van der Waals surface area contributed by atoms with Gasteiger partial charge in [-0.2, -0.15) is 5.26 Å². The molecule has 5 aromatic carbocycles. The molecular formula is C49H60Cl2N8O7. The number of amides is 3. The van der Waals surface area contributed by atoms with Gasteiger partial charge in [0.05, 0.1) is 0 Å². The van der Waals surface area contributed by atoms with Gasteiger partial charge in [-0.25, -0.2) is 4.79 Å². The lowest BCUT2D eigenvalue weighted by Crippen LogP contribution is -2.56. The molecule has 0 unspecified atom stereocenters. The first-order chi connectivity index (χ1) is 31.0. The van der Waals surface area contributed by atoms with Crippen LogP contribution in [0.15, 0.2) is 108 Å². The van der Waals surface area contributed by atoms with E-state index in [4.69, 9.17) is 31.4 Å². The second-order valence-corrected chi connectivity index (χ2v) is 15.8. The third kappa shape index (κ3) is 15.8. The van der Waals surface area contributed by atoms with Crippen LogP contribution < -0.4 is 42.6 Å². The van der Waals surface area contributed by atoms with E-state index in [0.29, 0.717) is 54.9 Å². The van der Waals surface area contributed by atoms with Gasteiger partial charge in [0.1, 0.15) is 42.3 Å². The number of nitrogens with zero attached hydrogens (tertiary/aromatic N) is 2. The van der Waals surface area contributed by atoms with E-state index < -0.39 is 48.4 Å². The lowest BCUT2D eigenvalue weighted by molar-refractivity contribution is -0.150. The molecule has 0 heterocycles. The Morgan fingerprint density at radius 1 is 0.682 bits per heavy atom. The van der Waals surface area contributed by atoms with E-state index in [2.05, 4.69) is 20.9 Å². The zero-order valence-electron chi connectivity index (χ0n) is 37.2. The molecular weight excluding hydrogens is 883 g/mol. The molecule has 0 saturated carbocycles. The molecule has 3 amide bonds. The smallest absolute Gasteiger partial charge is 0.328 e. The fourth-order valence-corrected chi connectivity index (χ4v) is 7.34. The average Bonchev–Trinajstić information content (AvgIpc) is 3.29. The maximum Gasteiger partial charge on any atom is 0.328 e. The van der Waals surface area contributed by atoms with E-state index in [1.807, 2.05) is 117 Å². The normalized spacial score (nSPS) is 12.0. The van der Waals surface area contributed by atoms with E-state index in [1.165, 1.54) is 0 Å². The highest BCUT2D eigenvalue weighted by Gasteiger charge is 2.31. The fraction of sp³-hybridized carbons (Fsp3) is 0.347. The van der Waals surface area contributed by atoms with Crippen molar-refractivity contribution in [2.75, 3.05) is 26.3 Å². The first-order valence-corrected chi connectivity index (χ1v) is 21.5. The van der Waals surface area contributed by atoms with Crippen LogP contribution in [-0.4, -0.2) is 74.1 Å². The van der Waals surface area contributed by atoms with Crippen molar-refractivity contribution in [3.05, 3.63) is 109 Å². The van der Waals surface area contributed by atoms with Gasteiger partial charge in [-0.3, -0.25) is 19.4 Å². The van der Waals surface area contributed by atoms with Crippen molar-refractivity contribution in [3.63, 3.8) is 0 Å². The van der Waals surface area contributed by atoms with Gasteiger partial charge < -0.3 is 47.4 Å². The van der Waals surface area contributed by atoms with E-state index in [0.717, 1.165) is 27.1 Å². The summed E-state index contributed by atoms with van der Waals surface area (Å²) >= 11 is 0. The number of ether oxygens (including phenoxy) is 3. The predicted molar refractivity (Wildman–Crippen MR) is 262 cm³/mol. The van der Waals surface area contributed by atoms with Crippen molar-refractivity contribution in [2.45, 2.75) is 77.1 Å². The first-order valence-electron chi connectivity index (χ1n) is 21.5. The van der Waals surface area contributed by atoms with Crippen LogP contribution in [0.1, 0.15) is 57.9 Å². The maximum atomic E-state index is 14.1. The summed E-state index contributed by atoms with van der Waals surface area (Å²) in [7, 11) is 0. The van der Waals surface area contributed by atoms with E-state index in [9.17, 15) is 24.4 Å². The van der Waals surface area contributed by atoms with Gasteiger partial charge in [0.2, 0.25) is 11.8 Å². The Labute approximate surface area is 398 Å². The molecule has 5 aromatic rings. The summed E-state index contributed by atoms with van der Waals surface area (Å²) in [5.41, 5.74) is 19.0. The molecule has 352 valence electrons. The lowest BCUT2D eigenvalue weighted by atomic mass is 9.92. The second kappa shape index (κ2) is 27.7. The molecule has 9 N–H and O–H groups in total. The number of nitrogens with one attached hydrogen (secondary N) is 3. The zero-order valence-corrected chi connectivity index (χ0v) is 38.8. The molecule has 0 saturated heterocycles. The summed E-state index contributed by atoms with van der Waals surface area (Å²) < 4.78 is 17.8. The predicted octanol–water partition coefficient (Wildman–Crippen LogP) is 6.21. The molecule has 0 aliphatic rings. The van der Waals surface area contributed by atoms with Gasteiger partial charge >= 0.3 is 5.97 Å². The van der Waals surface area contributed by atoms with E-state index in [1.54, 1.807) is 6.07 Å². The van der Waals surface area contributed by atoms with Crippen molar-refractivity contribution in [1.29, 1.82) is 5.26 Å². The summed E-state index contributed by atoms with van der Waals surface area (Å²) in [6, 6.07) is 31.0. The van der Waals surface area contributed by atoms with Gasteiger partial charge in [-0.1, -0.05) is 105 Å². The van der Waals surface area contributed by atoms with E-state index >= 15 is 0 Å². The van der Waals surface area contributed by atoms with Gasteiger partial charge in [0.25, 0.3) is 5.91 Å². The minimum Gasteiger partial charge on any atom is -0.483 e. The number of esters is 1. The van der Waals surface area contributed by atoms with Crippen molar-refractivity contribution < 1.29 is 33.4 Å². The van der Waals surface area contributed by atoms with Gasteiger partial charge in [0.15, 0.2) is 19.2 Å². The van der Waals surface area contributed by atoms with Crippen LogP contribution in [0.4, 0.5) is 0 Å². The molecule has 0 radical (unpaired) electrons. The number of carbonyl (C=O) groups is 4. The van der Waals surface area contributed by atoms with Crippen molar-refractivity contribution in [3.8, 4) is 28.7 Å². The van der Waals surface area contributed by atoms with Gasteiger partial charge in [0, 0.05) is 17.7 Å². The summed E-state index contributed by atoms with van der Waals surface area (Å²) in [5, 5.41) is 21.4. The number of nitrogens with two attached hydrogens (primary N) is 3. The number of rotatable bonds is 24.